The van der Waals surface area contributed by atoms with Crippen LogP contribution in [0.5, 0.6) is 0 Å². The topological polar surface area (TPSA) is 77.8 Å². The van der Waals surface area contributed by atoms with E-state index in [0.717, 1.165) is 13.0 Å². The van der Waals surface area contributed by atoms with Crippen LogP contribution in [0.3, 0.4) is 0 Å². The molecule has 0 saturated carbocycles. The summed E-state index contributed by atoms with van der Waals surface area (Å²) in [6.45, 7) is 6.98. The number of hydrogen-bond donors (Lipinski definition) is 3. The molecule has 0 unspecified atom stereocenters. The highest BCUT2D eigenvalue weighted by atomic mass is 16.2. The molecule has 0 aromatic carbocycles. The Kier molecular flexibility index (Phi) is 7.05. The average molecular weight is 213 g/mol. The van der Waals surface area contributed by atoms with Crippen molar-refractivity contribution in [2.24, 2.45) is 0 Å². The van der Waals surface area contributed by atoms with Crippen LogP contribution >= 0.6 is 0 Å². The van der Waals surface area contributed by atoms with Gasteiger partial charge in [-0.15, -0.1) is 0 Å². The van der Waals surface area contributed by atoms with Gasteiger partial charge in [0.1, 0.15) is 5.82 Å². The quantitative estimate of drug-likeness (QED) is 0.708. The maximum absolute atomic E-state index is 10.8. The summed E-state index contributed by atoms with van der Waals surface area (Å²) in [5.41, 5.74) is -0.876. The molecule has 0 bridgehead atoms. The molecule has 0 spiro atoms. The Morgan fingerprint density at radius 2 is 1.80 bits per heavy atom. The lowest BCUT2D eigenvalue weighted by molar-refractivity contribution is 0.949. The van der Waals surface area contributed by atoms with Gasteiger partial charge in [0.05, 0.1) is 0 Å². The zero-order valence-electron chi connectivity index (χ0n) is 9.52. The van der Waals surface area contributed by atoms with Gasteiger partial charge in [0.15, 0.2) is 0 Å². The molecule has 0 atom stereocenters. The Morgan fingerprint density at radius 3 is 2.27 bits per heavy atom. The highest BCUT2D eigenvalue weighted by Crippen LogP contribution is 1.91. The monoisotopic (exact) mass is 213 g/mol. The van der Waals surface area contributed by atoms with E-state index < -0.39 is 11.2 Å². The SMILES string of the molecule is CCC.CCCNc1cc(=O)[nH]c(=O)[nH]1. The zero-order valence-corrected chi connectivity index (χ0v) is 9.52. The lowest BCUT2D eigenvalue weighted by atomic mass is 10.4. The predicted molar refractivity (Wildman–Crippen MR) is 62.4 cm³/mol. The molecule has 0 amide bonds. The number of hydrogen-bond acceptors (Lipinski definition) is 3. The summed E-state index contributed by atoms with van der Waals surface area (Å²) in [6, 6.07) is 1.32. The Hall–Kier alpha value is -1.52. The number of nitrogens with one attached hydrogen (secondary N) is 3. The molecule has 5 heteroatoms. The fourth-order valence-corrected chi connectivity index (χ4v) is 0.824. The van der Waals surface area contributed by atoms with Crippen LogP contribution < -0.4 is 16.6 Å². The van der Waals surface area contributed by atoms with Gasteiger partial charge in [0, 0.05) is 12.6 Å². The van der Waals surface area contributed by atoms with E-state index in [9.17, 15) is 9.59 Å². The molecule has 1 rings (SSSR count). The molecule has 1 aromatic heterocycles. The van der Waals surface area contributed by atoms with E-state index in [2.05, 4.69) is 29.1 Å². The van der Waals surface area contributed by atoms with E-state index >= 15 is 0 Å². The minimum Gasteiger partial charge on any atom is -0.371 e. The third kappa shape index (κ3) is 6.54. The summed E-state index contributed by atoms with van der Waals surface area (Å²) in [5.74, 6) is 0.464. The maximum Gasteiger partial charge on any atom is 0.327 e. The van der Waals surface area contributed by atoms with Crippen molar-refractivity contribution in [3.05, 3.63) is 26.9 Å². The van der Waals surface area contributed by atoms with E-state index in [1.165, 1.54) is 12.5 Å². The van der Waals surface area contributed by atoms with Crippen LogP contribution in [0.2, 0.25) is 0 Å². The van der Waals surface area contributed by atoms with Crippen LogP contribution in [-0.4, -0.2) is 16.5 Å². The third-order valence-electron chi connectivity index (χ3n) is 1.33. The first-order valence-corrected chi connectivity index (χ1v) is 5.21. The second-order valence-corrected chi connectivity index (χ2v) is 3.14. The van der Waals surface area contributed by atoms with Gasteiger partial charge >= 0.3 is 5.69 Å². The molecule has 5 nitrogen and oxygen atoms in total. The van der Waals surface area contributed by atoms with Gasteiger partial charge in [0.2, 0.25) is 0 Å². The second kappa shape index (κ2) is 7.84. The van der Waals surface area contributed by atoms with Gasteiger partial charge in [-0.1, -0.05) is 27.2 Å². The first kappa shape index (κ1) is 13.5. The number of anilines is 1. The minimum atomic E-state index is -0.485. The van der Waals surface area contributed by atoms with Gasteiger partial charge in [-0.25, -0.2) is 4.79 Å². The lowest BCUT2D eigenvalue weighted by Gasteiger charge is -2.01. The Balaban J connectivity index is 0.000000583. The van der Waals surface area contributed by atoms with E-state index in [1.54, 1.807) is 0 Å². The van der Waals surface area contributed by atoms with Crippen LogP contribution in [0.1, 0.15) is 33.6 Å². The molecule has 0 aliphatic rings. The van der Waals surface area contributed by atoms with Gasteiger partial charge in [-0.3, -0.25) is 14.8 Å². The third-order valence-corrected chi connectivity index (χ3v) is 1.33. The molecule has 0 saturated heterocycles. The molecule has 0 aliphatic carbocycles. The van der Waals surface area contributed by atoms with E-state index in [-0.39, 0.29) is 0 Å². The van der Waals surface area contributed by atoms with Gasteiger partial charge in [-0.05, 0) is 6.42 Å². The maximum atomic E-state index is 10.8. The van der Waals surface area contributed by atoms with Crippen molar-refractivity contribution in [3.63, 3.8) is 0 Å². The van der Waals surface area contributed by atoms with Crippen molar-refractivity contribution in [1.82, 2.24) is 9.97 Å². The Morgan fingerprint density at radius 1 is 1.20 bits per heavy atom. The zero-order chi connectivity index (χ0) is 11.7. The molecule has 0 aliphatic heterocycles. The Labute approximate surface area is 88.9 Å². The smallest absolute Gasteiger partial charge is 0.327 e. The number of aromatic amines is 2. The largest absolute Gasteiger partial charge is 0.371 e. The summed E-state index contributed by atoms with van der Waals surface area (Å²) in [6.07, 6.45) is 2.19. The second-order valence-electron chi connectivity index (χ2n) is 3.14. The van der Waals surface area contributed by atoms with Crippen molar-refractivity contribution in [2.45, 2.75) is 33.6 Å². The first-order valence-electron chi connectivity index (χ1n) is 5.21. The summed E-state index contributed by atoms with van der Waals surface area (Å²) >= 11 is 0. The molecular formula is C10H19N3O2. The molecule has 1 aromatic rings. The van der Waals surface area contributed by atoms with Crippen molar-refractivity contribution in [1.29, 1.82) is 0 Å². The van der Waals surface area contributed by atoms with Crippen LogP contribution in [0.15, 0.2) is 15.7 Å². The molecule has 1 heterocycles. The van der Waals surface area contributed by atoms with E-state index in [4.69, 9.17) is 0 Å². The minimum absolute atomic E-state index is 0.391. The summed E-state index contributed by atoms with van der Waals surface area (Å²) in [7, 11) is 0. The lowest BCUT2D eigenvalue weighted by Crippen LogP contribution is -2.23. The van der Waals surface area contributed by atoms with Crippen LogP contribution in [0.25, 0.3) is 0 Å². The highest BCUT2D eigenvalue weighted by molar-refractivity contribution is 5.31. The molecular weight excluding hydrogens is 194 g/mol. The number of rotatable bonds is 3. The molecule has 0 radical (unpaired) electrons. The fourth-order valence-electron chi connectivity index (χ4n) is 0.824. The Bertz CT molecular complexity index is 339. The standard InChI is InChI=1S/C7H11N3O2.C3H8/c1-2-3-8-5-4-6(11)10-7(12)9-5;1-3-2/h4H,2-3H2,1H3,(H3,8,9,10,11,12);3H2,1-2H3. The van der Waals surface area contributed by atoms with Crippen LogP contribution in [-0.2, 0) is 0 Å². The van der Waals surface area contributed by atoms with E-state index in [1.807, 2.05) is 6.92 Å². The molecule has 0 fully saturated rings. The number of H-pyrrole nitrogens is 2. The van der Waals surface area contributed by atoms with Crippen molar-refractivity contribution >= 4 is 5.82 Å². The number of aromatic nitrogens is 2. The predicted octanol–water partition coefficient (Wildman–Crippen LogP) is 1.30. The van der Waals surface area contributed by atoms with Crippen LogP contribution in [0, 0.1) is 0 Å². The fraction of sp³-hybridized carbons (Fsp3) is 0.600. The summed E-state index contributed by atoms with van der Waals surface area (Å²) in [4.78, 5) is 26.0. The van der Waals surface area contributed by atoms with Gasteiger partial charge in [-0.2, -0.15) is 0 Å². The highest BCUT2D eigenvalue weighted by Gasteiger charge is 1.93. The van der Waals surface area contributed by atoms with E-state index in [0.29, 0.717) is 5.82 Å². The van der Waals surface area contributed by atoms with Crippen molar-refractivity contribution < 1.29 is 0 Å². The molecule has 3 N–H and O–H groups in total. The molecule has 86 valence electrons. The van der Waals surface area contributed by atoms with Gasteiger partial charge < -0.3 is 5.32 Å². The van der Waals surface area contributed by atoms with Crippen molar-refractivity contribution in [2.75, 3.05) is 11.9 Å². The first-order chi connectivity index (χ1) is 7.13. The summed E-state index contributed by atoms with van der Waals surface area (Å²) < 4.78 is 0. The molecule has 15 heavy (non-hydrogen) atoms. The summed E-state index contributed by atoms with van der Waals surface area (Å²) in [5, 5.41) is 2.90. The van der Waals surface area contributed by atoms with Crippen molar-refractivity contribution in [3.8, 4) is 0 Å². The normalized spacial score (nSPS) is 9.00. The van der Waals surface area contributed by atoms with Crippen LogP contribution in [0.4, 0.5) is 5.82 Å². The average Bonchev–Trinajstić information content (AvgIpc) is 2.14. The van der Waals surface area contributed by atoms with Gasteiger partial charge in [0.25, 0.3) is 5.56 Å².